The van der Waals surface area contributed by atoms with Crippen molar-refractivity contribution in [2.24, 2.45) is 7.05 Å². The zero-order valence-corrected chi connectivity index (χ0v) is 19.0. The smallest absolute Gasteiger partial charge is 0.331 e. The van der Waals surface area contributed by atoms with Crippen LogP contribution in [0.25, 0.3) is 11.3 Å². The lowest BCUT2D eigenvalue weighted by atomic mass is 10.1. The Morgan fingerprint density at radius 3 is 2.41 bits per heavy atom. The van der Waals surface area contributed by atoms with E-state index in [1.165, 1.54) is 23.9 Å². The van der Waals surface area contributed by atoms with Gasteiger partial charge in [0.1, 0.15) is 6.54 Å². The molecule has 2 N–H and O–H groups in total. The third-order valence-corrected chi connectivity index (χ3v) is 4.97. The number of nitrogens with zero attached hydrogens (tertiary/aromatic N) is 3. The summed E-state index contributed by atoms with van der Waals surface area (Å²) in [5, 5.41) is 11.3. The van der Waals surface area contributed by atoms with Gasteiger partial charge in [-0.05, 0) is 24.6 Å². The minimum Gasteiger partial charge on any atom is -0.480 e. The largest absolute Gasteiger partial charge is 0.480 e. The Morgan fingerprint density at radius 2 is 1.76 bits per heavy atom. The summed E-state index contributed by atoms with van der Waals surface area (Å²) >= 11 is 0. The maximum atomic E-state index is 11.8. The van der Waals surface area contributed by atoms with E-state index in [1.54, 1.807) is 6.20 Å². The summed E-state index contributed by atoms with van der Waals surface area (Å²) in [6.07, 6.45) is 3.16. The Bertz CT molecular complexity index is 1360. The maximum absolute atomic E-state index is 11.8. The molecule has 0 aliphatic heterocycles. The van der Waals surface area contributed by atoms with Gasteiger partial charge >= 0.3 is 11.7 Å². The number of aromatic nitrogens is 3. The van der Waals surface area contributed by atoms with Crippen LogP contribution in [0.3, 0.4) is 0 Å². The zero-order chi connectivity index (χ0) is 24.5. The molecule has 8 heteroatoms. The van der Waals surface area contributed by atoms with E-state index < -0.39 is 5.97 Å². The number of pyridine rings is 1. The average Bonchev–Trinajstić information content (AvgIpc) is 2.84. The fraction of sp³-hybridized carbons (Fsp3) is 0.154. The molecule has 0 atom stereocenters. The first-order valence-electron chi connectivity index (χ1n) is 10.6. The van der Waals surface area contributed by atoms with Crippen molar-refractivity contribution in [3.05, 3.63) is 117 Å². The molecule has 0 spiro atoms. The van der Waals surface area contributed by atoms with Crippen molar-refractivity contribution in [3.8, 4) is 11.3 Å². The number of nitrogens with one attached hydrogen (secondary N) is 1. The number of hydrogen-bond acceptors (Lipinski definition) is 5. The number of carboxylic acids is 1. The molecule has 2 aromatic heterocycles. The quantitative estimate of drug-likeness (QED) is 0.460. The molecule has 4 rings (SSSR count). The first-order chi connectivity index (χ1) is 16.3. The van der Waals surface area contributed by atoms with Crippen molar-refractivity contribution in [1.82, 2.24) is 14.1 Å². The van der Waals surface area contributed by atoms with Crippen LogP contribution in [0.1, 0.15) is 11.1 Å². The Labute approximate surface area is 196 Å². The fourth-order valence-corrected chi connectivity index (χ4v) is 3.20. The van der Waals surface area contributed by atoms with Crippen LogP contribution < -0.4 is 16.6 Å². The zero-order valence-electron chi connectivity index (χ0n) is 19.0. The van der Waals surface area contributed by atoms with Crippen molar-refractivity contribution in [2.45, 2.75) is 13.5 Å². The Hall–Kier alpha value is -4.46. The summed E-state index contributed by atoms with van der Waals surface area (Å²) in [7, 11) is 1.48. The summed E-state index contributed by atoms with van der Waals surface area (Å²) in [4.78, 5) is 37.7. The second-order valence-corrected chi connectivity index (χ2v) is 7.66. The van der Waals surface area contributed by atoms with Gasteiger partial charge in [-0.15, -0.1) is 0 Å². The van der Waals surface area contributed by atoms with Crippen LogP contribution in [0, 0.1) is 6.92 Å². The normalized spacial score (nSPS) is 10.2. The average molecular weight is 459 g/mol. The summed E-state index contributed by atoms with van der Waals surface area (Å²) < 4.78 is 2.63. The van der Waals surface area contributed by atoms with Crippen molar-refractivity contribution in [1.29, 1.82) is 0 Å². The van der Waals surface area contributed by atoms with E-state index in [0.29, 0.717) is 12.2 Å². The van der Waals surface area contributed by atoms with Crippen LogP contribution in [-0.4, -0.2) is 31.7 Å². The van der Waals surface area contributed by atoms with Gasteiger partial charge in [-0.25, -0.2) is 4.79 Å². The second-order valence-electron chi connectivity index (χ2n) is 7.66. The van der Waals surface area contributed by atoms with Crippen LogP contribution >= 0.6 is 0 Å². The van der Waals surface area contributed by atoms with E-state index in [0.717, 1.165) is 27.0 Å². The number of carbonyl (C=O) groups is 1. The number of aliphatic carboxylic acids is 1. The van der Waals surface area contributed by atoms with Gasteiger partial charge in [0, 0.05) is 24.9 Å². The first kappa shape index (κ1) is 24.2. The van der Waals surface area contributed by atoms with Gasteiger partial charge < -0.3 is 10.4 Å². The fourth-order valence-electron chi connectivity index (χ4n) is 3.20. The molecule has 2 heterocycles. The Morgan fingerprint density at radius 1 is 1.00 bits per heavy atom. The molecule has 4 aromatic rings. The predicted molar refractivity (Wildman–Crippen MR) is 132 cm³/mol. The van der Waals surface area contributed by atoms with E-state index in [1.807, 2.05) is 73.7 Å². The van der Waals surface area contributed by atoms with Crippen LogP contribution in [-0.2, 0) is 18.4 Å². The molecule has 0 radical (unpaired) electrons. The SMILES string of the molecule is Cc1cccc(Cn2ccc(=O)n(C)c2=O)c1.O=C(O)CNc1ccc(-c2ccccc2)nc1. The molecule has 34 heavy (non-hydrogen) atoms. The Balaban J connectivity index is 0.000000191. The molecule has 0 fully saturated rings. The number of aryl methyl sites for hydroxylation is 1. The molecule has 0 amide bonds. The van der Waals surface area contributed by atoms with Crippen molar-refractivity contribution >= 4 is 11.7 Å². The summed E-state index contributed by atoms with van der Waals surface area (Å²) in [5.74, 6) is -0.892. The molecule has 0 unspecified atom stereocenters. The molecule has 0 saturated carbocycles. The van der Waals surface area contributed by atoms with Gasteiger partial charge in [0.15, 0.2) is 0 Å². The minimum absolute atomic E-state index is 0.105. The van der Waals surface area contributed by atoms with Crippen molar-refractivity contribution in [2.75, 3.05) is 11.9 Å². The van der Waals surface area contributed by atoms with Gasteiger partial charge in [-0.1, -0.05) is 60.2 Å². The van der Waals surface area contributed by atoms with Crippen LogP contribution in [0.4, 0.5) is 5.69 Å². The lowest BCUT2D eigenvalue weighted by molar-refractivity contribution is -0.134. The lowest BCUT2D eigenvalue weighted by Gasteiger charge is -2.07. The number of rotatable bonds is 6. The van der Waals surface area contributed by atoms with Gasteiger partial charge in [0.2, 0.25) is 0 Å². The lowest BCUT2D eigenvalue weighted by Crippen LogP contribution is -2.37. The second kappa shape index (κ2) is 11.4. The Kier molecular flexibility index (Phi) is 8.12. The molecule has 8 nitrogen and oxygen atoms in total. The van der Waals surface area contributed by atoms with Gasteiger partial charge in [-0.3, -0.25) is 23.7 Å². The highest BCUT2D eigenvalue weighted by molar-refractivity contribution is 5.72. The van der Waals surface area contributed by atoms with E-state index in [4.69, 9.17) is 5.11 Å². The van der Waals surface area contributed by atoms with E-state index in [-0.39, 0.29) is 17.8 Å². The molecular weight excluding hydrogens is 432 g/mol. The summed E-state index contributed by atoms with van der Waals surface area (Å²) in [6.45, 7) is 2.38. The number of carboxylic acid groups (broad SMARTS) is 1. The third-order valence-electron chi connectivity index (χ3n) is 4.97. The van der Waals surface area contributed by atoms with Crippen LogP contribution in [0.2, 0.25) is 0 Å². The molecule has 0 aliphatic carbocycles. The highest BCUT2D eigenvalue weighted by Gasteiger charge is 2.02. The highest BCUT2D eigenvalue weighted by atomic mass is 16.4. The topological polar surface area (TPSA) is 106 Å². The van der Waals surface area contributed by atoms with E-state index >= 15 is 0 Å². The van der Waals surface area contributed by atoms with Gasteiger partial charge in [-0.2, -0.15) is 0 Å². The number of anilines is 1. The highest BCUT2D eigenvalue weighted by Crippen LogP contribution is 2.17. The monoisotopic (exact) mass is 458 g/mol. The van der Waals surface area contributed by atoms with Crippen molar-refractivity contribution in [3.63, 3.8) is 0 Å². The summed E-state index contributed by atoms with van der Waals surface area (Å²) in [6, 6.07) is 22.8. The molecule has 0 saturated heterocycles. The molecule has 2 aromatic carbocycles. The van der Waals surface area contributed by atoms with Crippen molar-refractivity contribution < 1.29 is 9.90 Å². The number of hydrogen-bond donors (Lipinski definition) is 2. The molecule has 0 bridgehead atoms. The van der Waals surface area contributed by atoms with Crippen LogP contribution in [0.15, 0.2) is 94.8 Å². The minimum atomic E-state index is -0.892. The van der Waals surface area contributed by atoms with E-state index in [9.17, 15) is 14.4 Å². The van der Waals surface area contributed by atoms with E-state index in [2.05, 4.69) is 10.3 Å². The van der Waals surface area contributed by atoms with Crippen LogP contribution in [0.5, 0.6) is 0 Å². The van der Waals surface area contributed by atoms with Gasteiger partial charge in [0.25, 0.3) is 5.56 Å². The molecule has 174 valence electrons. The standard InChI is InChI=1S/C13H14N2O2.C13H12N2O2/c1-10-4-3-5-11(8-10)9-15-7-6-12(16)14(2)13(15)17;16-13(17)9-14-11-6-7-12(15-8-11)10-4-2-1-3-5-10/h3-8H,9H2,1-2H3;1-8,14H,9H2,(H,16,17). The molecular formula is C26H26N4O4. The first-order valence-corrected chi connectivity index (χ1v) is 10.6. The van der Waals surface area contributed by atoms with Gasteiger partial charge in [0.05, 0.1) is 24.1 Å². The third kappa shape index (κ3) is 6.77. The predicted octanol–water partition coefficient (Wildman–Crippen LogP) is 3.15. The maximum Gasteiger partial charge on any atom is 0.331 e. The summed E-state index contributed by atoms with van der Waals surface area (Å²) in [5.41, 5.74) is 4.23. The molecule has 0 aliphatic rings. The number of benzene rings is 2.